The molecule has 2 aromatic rings. The summed E-state index contributed by atoms with van der Waals surface area (Å²) in [6.45, 7) is 5.41. The van der Waals surface area contributed by atoms with Crippen molar-refractivity contribution in [2.45, 2.75) is 31.9 Å². The standard InChI is InChI=1S/C24H31N3O3/c1-19(28)27-16-14-26(15-17-27)13-12-23(29)22(18-20-8-4-2-5-9-20)25-24(30)21-10-6-3-7-11-21/h2-11,22-23,29H,12-18H2,1H3,(H,25,30)/t22-,23?/m0/s1. The zero-order valence-corrected chi connectivity index (χ0v) is 17.5. The van der Waals surface area contributed by atoms with Gasteiger partial charge in [-0.1, -0.05) is 48.5 Å². The summed E-state index contributed by atoms with van der Waals surface area (Å²) in [6, 6.07) is 18.6. The first-order valence-electron chi connectivity index (χ1n) is 10.6. The van der Waals surface area contributed by atoms with E-state index in [2.05, 4.69) is 10.2 Å². The maximum Gasteiger partial charge on any atom is 0.251 e. The maximum atomic E-state index is 12.7. The Morgan fingerprint density at radius 3 is 2.17 bits per heavy atom. The number of aliphatic hydroxyl groups excluding tert-OH is 1. The van der Waals surface area contributed by atoms with E-state index in [9.17, 15) is 14.7 Å². The van der Waals surface area contributed by atoms with Crippen LogP contribution in [0.5, 0.6) is 0 Å². The quantitative estimate of drug-likeness (QED) is 0.699. The van der Waals surface area contributed by atoms with Crippen molar-refractivity contribution in [3.8, 4) is 0 Å². The van der Waals surface area contributed by atoms with Gasteiger partial charge in [0.2, 0.25) is 5.91 Å². The Morgan fingerprint density at radius 2 is 1.57 bits per heavy atom. The number of carbonyl (C=O) groups excluding carboxylic acids is 2. The Kier molecular flexibility index (Phi) is 7.99. The molecule has 0 radical (unpaired) electrons. The molecule has 6 heteroatoms. The first kappa shape index (κ1) is 22.0. The molecule has 1 saturated heterocycles. The molecule has 0 aliphatic carbocycles. The third-order valence-electron chi connectivity index (χ3n) is 5.67. The Morgan fingerprint density at radius 1 is 0.967 bits per heavy atom. The lowest BCUT2D eigenvalue weighted by Gasteiger charge is -2.35. The van der Waals surface area contributed by atoms with Gasteiger partial charge in [0.1, 0.15) is 0 Å². The number of benzene rings is 2. The number of nitrogens with one attached hydrogen (secondary N) is 1. The van der Waals surface area contributed by atoms with E-state index in [1.165, 1.54) is 0 Å². The minimum Gasteiger partial charge on any atom is -0.391 e. The molecule has 0 spiro atoms. The Balaban J connectivity index is 1.59. The number of aliphatic hydroxyl groups is 1. The molecular formula is C24H31N3O3. The molecule has 2 amide bonds. The highest BCUT2D eigenvalue weighted by Crippen LogP contribution is 2.12. The lowest BCUT2D eigenvalue weighted by molar-refractivity contribution is -0.130. The Hall–Kier alpha value is -2.70. The summed E-state index contributed by atoms with van der Waals surface area (Å²) >= 11 is 0. The van der Waals surface area contributed by atoms with Crippen molar-refractivity contribution in [3.63, 3.8) is 0 Å². The number of rotatable bonds is 8. The summed E-state index contributed by atoms with van der Waals surface area (Å²) in [4.78, 5) is 28.3. The van der Waals surface area contributed by atoms with E-state index in [-0.39, 0.29) is 17.9 Å². The average Bonchev–Trinajstić information content (AvgIpc) is 2.78. The van der Waals surface area contributed by atoms with Gasteiger partial charge in [0.15, 0.2) is 0 Å². The van der Waals surface area contributed by atoms with Crippen molar-refractivity contribution in [1.82, 2.24) is 15.1 Å². The number of amides is 2. The van der Waals surface area contributed by atoms with Crippen molar-refractivity contribution in [2.75, 3.05) is 32.7 Å². The van der Waals surface area contributed by atoms with Gasteiger partial charge in [0.05, 0.1) is 12.1 Å². The molecule has 3 rings (SSSR count). The van der Waals surface area contributed by atoms with Gasteiger partial charge in [-0.05, 0) is 30.5 Å². The highest BCUT2D eigenvalue weighted by Gasteiger charge is 2.24. The normalized spacial score (nSPS) is 16.7. The van der Waals surface area contributed by atoms with E-state index in [1.54, 1.807) is 19.1 Å². The highest BCUT2D eigenvalue weighted by atomic mass is 16.3. The van der Waals surface area contributed by atoms with Gasteiger partial charge in [-0.15, -0.1) is 0 Å². The molecule has 0 bridgehead atoms. The van der Waals surface area contributed by atoms with Crippen molar-refractivity contribution < 1.29 is 14.7 Å². The molecule has 2 atom stereocenters. The number of nitrogens with zero attached hydrogens (tertiary/aromatic N) is 2. The molecule has 30 heavy (non-hydrogen) atoms. The zero-order chi connectivity index (χ0) is 21.3. The second kappa shape index (κ2) is 10.9. The minimum atomic E-state index is -0.663. The third kappa shape index (κ3) is 6.40. The lowest BCUT2D eigenvalue weighted by Crippen LogP contribution is -2.50. The van der Waals surface area contributed by atoms with Gasteiger partial charge in [-0.25, -0.2) is 0 Å². The number of hydrogen-bond acceptors (Lipinski definition) is 4. The number of piperazine rings is 1. The molecule has 1 aliphatic rings. The van der Waals surface area contributed by atoms with Crippen LogP contribution in [0.25, 0.3) is 0 Å². The van der Waals surface area contributed by atoms with E-state index >= 15 is 0 Å². The number of carbonyl (C=O) groups is 2. The van der Waals surface area contributed by atoms with Crippen LogP contribution in [-0.2, 0) is 11.2 Å². The van der Waals surface area contributed by atoms with Crippen molar-refractivity contribution in [1.29, 1.82) is 0 Å². The van der Waals surface area contributed by atoms with E-state index in [0.717, 1.165) is 38.3 Å². The molecule has 0 saturated carbocycles. The van der Waals surface area contributed by atoms with Crippen LogP contribution < -0.4 is 5.32 Å². The maximum absolute atomic E-state index is 12.7. The summed E-state index contributed by atoms with van der Waals surface area (Å²) in [7, 11) is 0. The van der Waals surface area contributed by atoms with Gasteiger partial charge >= 0.3 is 0 Å². The Bertz CT molecular complexity index is 805. The third-order valence-corrected chi connectivity index (χ3v) is 5.67. The minimum absolute atomic E-state index is 0.112. The topological polar surface area (TPSA) is 72.9 Å². The van der Waals surface area contributed by atoms with E-state index in [0.29, 0.717) is 18.4 Å². The van der Waals surface area contributed by atoms with Crippen LogP contribution in [0.15, 0.2) is 60.7 Å². The molecule has 1 heterocycles. The first-order valence-corrected chi connectivity index (χ1v) is 10.6. The molecule has 1 aliphatic heterocycles. The first-order chi connectivity index (χ1) is 14.5. The van der Waals surface area contributed by atoms with Crippen LogP contribution in [0.1, 0.15) is 29.3 Å². The highest BCUT2D eigenvalue weighted by molar-refractivity contribution is 5.94. The summed E-state index contributed by atoms with van der Waals surface area (Å²) in [5.41, 5.74) is 1.66. The number of hydrogen-bond donors (Lipinski definition) is 2. The fourth-order valence-electron chi connectivity index (χ4n) is 3.79. The predicted molar refractivity (Wildman–Crippen MR) is 117 cm³/mol. The van der Waals surface area contributed by atoms with Crippen LogP contribution in [0, 0.1) is 0 Å². The molecule has 0 aromatic heterocycles. The fourth-order valence-corrected chi connectivity index (χ4v) is 3.79. The monoisotopic (exact) mass is 409 g/mol. The summed E-state index contributed by atoms with van der Waals surface area (Å²) in [5, 5.41) is 14.0. The molecular weight excluding hydrogens is 378 g/mol. The second-order valence-electron chi connectivity index (χ2n) is 7.84. The smallest absolute Gasteiger partial charge is 0.251 e. The SMILES string of the molecule is CC(=O)N1CCN(CCC(O)[C@H](Cc2ccccc2)NC(=O)c2ccccc2)CC1. The van der Waals surface area contributed by atoms with Gasteiger partial charge in [-0.3, -0.25) is 14.5 Å². The van der Waals surface area contributed by atoms with Crippen molar-refractivity contribution in [2.24, 2.45) is 0 Å². The second-order valence-corrected chi connectivity index (χ2v) is 7.84. The molecule has 1 unspecified atom stereocenters. The zero-order valence-electron chi connectivity index (χ0n) is 17.5. The summed E-state index contributed by atoms with van der Waals surface area (Å²) in [6.07, 6.45) is 0.467. The van der Waals surface area contributed by atoms with Gasteiger partial charge in [0, 0.05) is 45.2 Å². The average molecular weight is 410 g/mol. The van der Waals surface area contributed by atoms with E-state index in [4.69, 9.17) is 0 Å². The van der Waals surface area contributed by atoms with Crippen LogP contribution in [0.2, 0.25) is 0 Å². The fraction of sp³-hybridized carbons (Fsp3) is 0.417. The molecule has 2 N–H and O–H groups in total. The van der Waals surface area contributed by atoms with Crippen LogP contribution in [0.3, 0.4) is 0 Å². The van der Waals surface area contributed by atoms with Crippen LogP contribution >= 0.6 is 0 Å². The molecule has 6 nitrogen and oxygen atoms in total. The lowest BCUT2D eigenvalue weighted by atomic mass is 9.98. The molecule has 2 aromatic carbocycles. The molecule has 1 fully saturated rings. The van der Waals surface area contributed by atoms with Crippen molar-refractivity contribution >= 4 is 11.8 Å². The summed E-state index contributed by atoms with van der Waals surface area (Å²) in [5.74, 6) is -0.0631. The Labute approximate surface area is 178 Å². The van der Waals surface area contributed by atoms with Crippen LogP contribution in [0.4, 0.5) is 0 Å². The van der Waals surface area contributed by atoms with Crippen molar-refractivity contribution in [3.05, 3.63) is 71.8 Å². The van der Waals surface area contributed by atoms with Crippen LogP contribution in [-0.4, -0.2) is 71.6 Å². The van der Waals surface area contributed by atoms with Gasteiger partial charge in [-0.2, -0.15) is 0 Å². The predicted octanol–water partition coefficient (Wildman–Crippen LogP) is 1.94. The van der Waals surface area contributed by atoms with Gasteiger partial charge in [0.25, 0.3) is 5.91 Å². The summed E-state index contributed by atoms with van der Waals surface area (Å²) < 4.78 is 0. The van der Waals surface area contributed by atoms with Gasteiger partial charge < -0.3 is 15.3 Å². The van der Waals surface area contributed by atoms with E-state index in [1.807, 2.05) is 53.4 Å². The van der Waals surface area contributed by atoms with E-state index < -0.39 is 6.10 Å². The largest absolute Gasteiger partial charge is 0.391 e. The molecule has 160 valence electrons.